The molecular weight excluding hydrogens is 362 g/mol. The number of hydrogen-bond donors (Lipinski definition) is 1. The summed E-state index contributed by atoms with van der Waals surface area (Å²) in [6.45, 7) is 2.15. The molecule has 0 spiro atoms. The van der Waals surface area contributed by atoms with Crippen molar-refractivity contribution in [2.75, 3.05) is 12.4 Å². The van der Waals surface area contributed by atoms with Crippen LogP contribution in [0.1, 0.15) is 23.8 Å². The third kappa shape index (κ3) is 3.35. The first-order chi connectivity index (χ1) is 13.1. The third-order valence-electron chi connectivity index (χ3n) is 4.98. The van der Waals surface area contributed by atoms with Crippen LogP contribution in [0.2, 0.25) is 0 Å². The summed E-state index contributed by atoms with van der Waals surface area (Å²) in [4.78, 5) is 31.9. The zero-order chi connectivity index (χ0) is 19.0. The SMILES string of the molecule is COc1ccccc1NC(=O)Cn1cnc2sc3c(c2c1=O)CC[C@H](C)C3. The van der Waals surface area contributed by atoms with E-state index < -0.39 is 0 Å². The number of anilines is 1. The molecule has 2 aromatic heterocycles. The number of methoxy groups -OCH3 is 1. The van der Waals surface area contributed by atoms with E-state index >= 15 is 0 Å². The molecule has 2 heterocycles. The molecule has 7 heteroatoms. The van der Waals surface area contributed by atoms with E-state index in [1.54, 1.807) is 30.6 Å². The number of aryl methyl sites for hydroxylation is 1. The van der Waals surface area contributed by atoms with Gasteiger partial charge in [-0.2, -0.15) is 0 Å². The molecule has 1 aliphatic carbocycles. The standard InChI is InChI=1S/C20H21N3O3S/c1-12-7-8-13-16(9-12)27-19-18(13)20(25)23(11-21-19)10-17(24)22-14-5-3-4-6-15(14)26-2/h3-6,11-12H,7-10H2,1-2H3,(H,22,24)/t12-/m0/s1. The van der Waals surface area contributed by atoms with E-state index in [-0.39, 0.29) is 18.0 Å². The third-order valence-corrected chi connectivity index (χ3v) is 6.14. The lowest BCUT2D eigenvalue weighted by Crippen LogP contribution is -2.28. The highest BCUT2D eigenvalue weighted by Gasteiger charge is 2.23. The summed E-state index contributed by atoms with van der Waals surface area (Å²) >= 11 is 1.61. The number of aromatic nitrogens is 2. The Bertz CT molecular complexity index is 1070. The number of nitrogens with zero attached hydrogens (tertiary/aromatic N) is 2. The van der Waals surface area contributed by atoms with Crippen molar-refractivity contribution in [1.82, 2.24) is 9.55 Å². The number of ether oxygens (including phenoxy) is 1. The normalized spacial score (nSPS) is 16.1. The van der Waals surface area contributed by atoms with E-state index in [1.165, 1.54) is 15.8 Å². The summed E-state index contributed by atoms with van der Waals surface area (Å²) in [5.41, 5.74) is 1.57. The fourth-order valence-electron chi connectivity index (χ4n) is 3.57. The second-order valence-electron chi connectivity index (χ2n) is 6.96. The summed E-state index contributed by atoms with van der Waals surface area (Å²) in [5.74, 6) is 0.924. The maximum atomic E-state index is 13.0. The van der Waals surface area contributed by atoms with E-state index in [9.17, 15) is 9.59 Å². The highest BCUT2D eigenvalue weighted by Crippen LogP contribution is 2.35. The largest absolute Gasteiger partial charge is 0.495 e. The molecule has 1 aromatic carbocycles. The molecule has 0 unspecified atom stereocenters. The van der Waals surface area contributed by atoms with Gasteiger partial charge in [0, 0.05) is 4.88 Å². The average molecular weight is 383 g/mol. The molecule has 1 amide bonds. The molecule has 0 fully saturated rings. The molecular formula is C20H21N3O3S. The van der Waals surface area contributed by atoms with E-state index in [2.05, 4.69) is 17.2 Å². The molecule has 1 aliphatic rings. The van der Waals surface area contributed by atoms with Gasteiger partial charge in [-0.05, 0) is 42.9 Å². The first kappa shape index (κ1) is 17.7. The van der Waals surface area contributed by atoms with Gasteiger partial charge in [0.1, 0.15) is 17.1 Å². The second-order valence-corrected chi connectivity index (χ2v) is 8.04. The predicted octanol–water partition coefficient (Wildman–Crippen LogP) is 3.23. The van der Waals surface area contributed by atoms with Gasteiger partial charge in [-0.1, -0.05) is 19.1 Å². The fraction of sp³-hybridized carbons (Fsp3) is 0.350. The Kier molecular flexibility index (Phi) is 4.70. The summed E-state index contributed by atoms with van der Waals surface area (Å²) in [6, 6.07) is 7.18. The molecule has 4 rings (SSSR count). The lowest BCUT2D eigenvalue weighted by Gasteiger charge is -2.17. The number of thiophene rings is 1. The first-order valence-electron chi connectivity index (χ1n) is 8.99. The van der Waals surface area contributed by atoms with Crippen LogP contribution in [0.5, 0.6) is 5.75 Å². The summed E-state index contributed by atoms with van der Waals surface area (Å²) in [6.07, 6.45) is 4.47. The van der Waals surface area contributed by atoms with Crippen LogP contribution in [0.3, 0.4) is 0 Å². The number of carbonyl (C=O) groups excluding carboxylic acids is 1. The van der Waals surface area contributed by atoms with Gasteiger partial charge < -0.3 is 10.1 Å². The Morgan fingerprint density at radius 3 is 3.04 bits per heavy atom. The van der Waals surface area contributed by atoms with Crippen molar-refractivity contribution in [3.63, 3.8) is 0 Å². The molecule has 0 saturated carbocycles. The number of fused-ring (bicyclic) bond motifs is 3. The zero-order valence-corrected chi connectivity index (χ0v) is 16.1. The molecule has 1 N–H and O–H groups in total. The van der Waals surface area contributed by atoms with Crippen molar-refractivity contribution in [3.8, 4) is 5.75 Å². The van der Waals surface area contributed by atoms with Crippen LogP contribution in [0, 0.1) is 5.92 Å². The average Bonchev–Trinajstić information content (AvgIpc) is 3.02. The Labute approximate surface area is 160 Å². The van der Waals surface area contributed by atoms with E-state index in [0.29, 0.717) is 22.7 Å². The van der Waals surface area contributed by atoms with Crippen molar-refractivity contribution >= 4 is 33.1 Å². The number of carbonyl (C=O) groups is 1. The molecule has 0 radical (unpaired) electrons. The Morgan fingerprint density at radius 2 is 2.22 bits per heavy atom. The number of hydrogen-bond acceptors (Lipinski definition) is 5. The summed E-state index contributed by atoms with van der Waals surface area (Å²) < 4.78 is 6.63. The fourth-order valence-corrected chi connectivity index (χ4v) is 4.91. The minimum atomic E-state index is -0.291. The van der Waals surface area contributed by atoms with Gasteiger partial charge in [-0.3, -0.25) is 14.2 Å². The topological polar surface area (TPSA) is 73.2 Å². The lowest BCUT2D eigenvalue weighted by atomic mass is 9.89. The molecule has 0 bridgehead atoms. The molecule has 27 heavy (non-hydrogen) atoms. The number of nitrogens with one attached hydrogen (secondary N) is 1. The maximum absolute atomic E-state index is 13.0. The molecule has 6 nitrogen and oxygen atoms in total. The van der Waals surface area contributed by atoms with E-state index in [0.717, 1.165) is 29.7 Å². The van der Waals surface area contributed by atoms with Gasteiger partial charge in [0.15, 0.2) is 0 Å². The van der Waals surface area contributed by atoms with Crippen LogP contribution in [-0.2, 0) is 24.2 Å². The van der Waals surface area contributed by atoms with Crippen molar-refractivity contribution in [2.45, 2.75) is 32.7 Å². The number of amides is 1. The molecule has 3 aromatic rings. The molecule has 1 atom stereocenters. The smallest absolute Gasteiger partial charge is 0.262 e. The van der Waals surface area contributed by atoms with Gasteiger partial charge in [0.2, 0.25) is 5.91 Å². The minimum absolute atomic E-state index is 0.0825. The highest BCUT2D eigenvalue weighted by atomic mass is 32.1. The summed E-state index contributed by atoms with van der Waals surface area (Å²) in [7, 11) is 1.55. The lowest BCUT2D eigenvalue weighted by molar-refractivity contribution is -0.116. The van der Waals surface area contributed by atoms with Crippen molar-refractivity contribution in [2.24, 2.45) is 5.92 Å². The molecule has 0 saturated heterocycles. The number of para-hydroxylation sites is 2. The highest BCUT2D eigenvalue weighted by molar-refractivity contribution is 7.18. The van der Waals surface area contributed by atoms with Crippen molar-refractivity contribution < 1.29 is 9.53 Å². The maximum Gasteiger partial charge on any atom is 0.262 e. The van der Waals surface area contributed by atoms with Gasteiger partial charge >= 0.3 is 0 Å². The van der Waals surface area contributed by atoms with Crippen LogP contribution in [0.15, 0.2) is 35.4 Å². The van der Waals surface area contributed by atoms with Crippen LogP contribution < -0.4 is 15.6 Å². The van der Waals surface area contributed by atoms with Crippen LogP contribution >= 0.6 is 11.3 Å². The van der Waals surface area contributed by atoms with Gasteiger partial charge in [-0.25, -0.2) is 4.98 Å². The Morgan fingerprint density at radius 1 is 1.41 bits per heavy atom. The quantitative estimate of drug-likeness (QED) is 0.751. The van der Waals surface area contributed by atoms with Gasteiger partial charge in [0.05, 0.1) is 24.5 Å². The molecule has 0 aliphatic heterocycles. The zero-order valence-electron chi connectivity index (χ0n) is 15.3. The monoisotopic (exact) mass is 383 g/mol. The van der Waals surface area contributed by atoms with Crippen LogP contribution in [0.4, 0.5) is 5.69 Å². The van der Waals surface area contributed by atoms with Crippen molar-refractivity contribution in [1.29, 1.82) is 0 Å². The van der Waals surface area contributed by atoms with Crippen molar-refractivity contribution in [3.05, 3.63) is 51.4 Å². The summed E-state index contributed by atoms with van der Waals surface area (Å²) in [5, 5.41) is 3.49. The second kappa shape index (κ2) is 7.15. The number of benzene rings is 1. The van der Waals surface area contributed by atoms with E-state index in [1.807, 2.05) is 12.1 Å². The van der Waals surface area contributed by atoms with Crippen LogP contribution in [-0.4, -0.2) is 22.6 Å². The Balaban J connectivity index is 1.62. The Hall–Kier alpha value is -2.67. The van der Waals surface area contributed by atoms with Crippen LogP contribution in [0.25, 0.3) is 10.2 Å². The predicted molar refractivity (Wildman–Crippen MR) is 107 cm³/mol. The van der Waals surface area contributed by atoms with Gasteiger partial charge in [-0.15, -0.1) is 11.3 Å². The first-order valence-corrected chi connectivity index (χ1v) is 9.81. The molecule has 140 valence electrons. The van der Waals surface area contributed by atoms with E-state index in [4.69, 9.17) is 4.74 Å². The van der Waals surface area contributed by atoms with Gasteiger partial charge in [0.25, 0.3) is 5.56 Å². The number of rotatable bonds is 4. The minimum Gasteiger partial charge on any atom is -0.495 e.